The van der Waals surface area contributed by atoms with E-state index in [1.54, 1.807) is 18.2 Å². The van der Waals surface area contributed by atoms with Crippen molar-refractivity contribution in [2.24, 2.45) is 0 Å². The molecule has 76 valence electrons. The summed E-state index contributed by atoms with van der Waals surface area (Å²) in [4.78, 5) is 0. The minimum atomic E-state index is 0.325. The molecular formula is C10H7Cl2N3. The van der Waals surface area contributed by atoms with Gasteiger partial charge in [-0.2, -0.15) is 0 Å². The Morgan fingerprint density at radius 3 is 2.33 bits per heavy atom. The van der Waals surface area contributed by atoms with Crippen LogP contribution in [0, 0.1) is 0 Å². The second kappa shape index (κ2) is 4.04. The number of hydrogen-bond acceptors (Lipinski definition) is 3. The van der Waals surface area contributed by atoms with Crippen molar-refractivity contribution in [3.05, 3.63) is 40.5 Å². The van der Waals surface area contributed by atoms with Crippen LogP contribution in [0.5, 0.6) is 0 Å². The number of halogens is 2. The maximum absolute atomic E-state index is 5.91. The minimum Gasteiger partial charge on any atom is -0.382 e. The third-order valence-electron chi connectivity index (χ3n) is 1.92. The lowest BCUT2D eigenvalue weighted by Crippen LogP contribution is -1.94. The zero-order valence-electron chi connectivity index (χ0n) is 7.61. The molecule has 1 heterocycles. The van der Waals surface area contributed by atoms with Crippen molar-refractivity contribution in [1.29, 1.82) is 0 Å². The number of nitrogens with two attached hydrogens (primary N) is 1. The Morgan fingerprint density at radius 2 is 1.67 bits per heavy atom. The van der Waals surface area contributed by atoms with E-state index in [2.05, 4.69) is 10.2 Å². The molecule has 5 heteroatoms. The quantitative estimate of drug-likeness (QED) is 0.833. The molecule has 1 aromatic carbocycles. The van der Waals surface area contributed by atoms with Crippen LogP contribution in [0.4, 0.5) is 5.82 Å². The molecule has 0 fully saturated rings. The number of nitrogens with zero attached hydrogens (tertiary/aromatic N) is 2. The molecule has 2 N–H and O–H groups in total. The molecule has 0 aliphatic carbocycles. The van der Waals surface area contributed by atoms with E-state index in [1.807, 2.05) is 12.1 Å². The maximum atomic E-state index is 5.91. The lowest BCUT2D eigenvalue weighted by Gasteiger charge is -2.03. The standard InChI is InChI=1S/C10H7Cl2N3/c11-7-3-1-6(2-4-7)8-5-9(13)14-15-10(8)12/h1-5H,(H2,13,14). The number of anilines is 1. The predicted molar refractivity (Wildman–Crippen MR) is 61.9 cm³/mol. The van der Waals surface area contributed by atoms with Crippen molar-refractivity contribution in [2.45, 2.75) is 0 Å². The van der Waals surface area contributed by atoms with Gasteiger partial charge >= 0.3 is 0 Å². The van der Waals surface area contributed by atoms with Crippen molar-refractivity contribution in [3.63, 3.8) is 0 Å². The Bertz CT molecular complexity index is 483. The van der Waals surface area contributed by atoms with Gasteiger partial charge in [0.15, 0.2) is 5.15 Å². The van der Waals surface area contributed by atoms with Crippen LogP contribution in [-0.4, -0.2) is 10.2 Å². The zero-order chi connectivity index (χ0) is 10.8. The van der Waals surface area contributed by atoms with Crippen LogP contribution < -0.4 is 5.73 Å². The Kier molecular flexibility index (Phi) is 2.75. The Hall–Kier alpha value is -1.32. The molecule has 0 saturated carbocycles. The molecule has 0 spiro atoms. The Morgan fingerprint density at radius 1 is 1.00 bits per heavy atom. The summed E-state index contributed by atoms with van der Waals surface area (Å²) < 4.78 is 0. The van der Waals surface area contributed by atoms with E-state index in [1.165, 1.54) is 0 Å². The van der Waals surface area contributed by atoms with Crippen LogP contribution in [0.2, 0.25) is 10.2 Å². The van der Waals surface area contributed by atoms with Crippen molar-refractivity contribution in [3.8, 4) is 11.1 Å². The summed E-state index contributed by atoms with van der Waals surface area (Å²) in [7, 11) is 0. The van der Waals surface area contributed by atoms with Gasteiger partial charge in [-0.3, -0.25) is 0 Å². The lowest BCUT2D eigenvalue weighted by atomic mass is 10.1. The van der Waals surface area contributed by atoms with Gasteiger partial charge in [-0.25, -0.2) is 0 Å². The molecule has 0 aliphatic rings. The van der Waals surface area contributed by atoms with Crippen molar-refractivity contribution < 1.29 is 0 Å². The number of hydrogen-bond donors (Lipinski definition) is 1. The maximum Gasteiger partial charge on any atom is 0.159 e. The Labute approximate surface area is 96.8 Å². The average molecular weight is 240 g/mol. The lowest BCUT2D eigenvalue weighted by molar-refractivity contribution is 1.04. The third kappa shape index (κ3) is 2.19. The van der Waals surface area contributed by atoms with E-state index in [0.717, 1.165) is 11.1 Å². The van der Waals surface area contributed by atoms with Crippen LogP contribution in [0.15, 0.2) is 30.3 Å². The summed E-state index contributed by atoms with van der Waals surface area (Å²) in [5.74, 6) is 0.337. The van der Waals surface area contributed by atoms with Crippen molar-refractivity contribution >= 4 is 29.0 Å². The van der Waals surface area contributed by atoms with Gasteiger partial charge in [0.25, 0.3) is 0 Å². The molecule has 0 unspecified atom stereocenters. The van der Waals surface area contributed by atoms with Gasteiger partial charge in [-0.15, -0.1) is 10.2 Å². The first-order chi connectivity index (χ1) is 7.16. The number of aromatic nitrogens is 2. The Balaban J connectivity index is 2.53. The number of nitrogen functional groups attached to an aromatic ring is 1. The van der Waals surface area contributed by atoms with Gasteiger partial charge in [0.1, 0.15) is 5.82 Å². The first-order valence-corrected chi connectivity index (χ1v) is 4.97. The van der Waals surface area contributed by atoms with Crippen molar-refractivity contribution in [1.82, 2.24) is 10.2 Å². The molecular weight excluding hydrogens is 233 g/mol. The molecule has 0 saturated heterocycles. The van der Waals surface area contributed by atoms with Gasteiger partial charge < -0.3 is 5.73 Å². The van der Waals surface area contributed by atoms with E-state index >= 15 is 0 Å². The van der Waals surface area contributed by atoms with Crippen molar-refractivity contribution in [2.75, 3.05) is 5.73 Å². The molecule has 0 radical (unpaired) electrons. The number of benzene rings is 1. The fourth-order valence-corrected chi connectivity index (χ4v) is 1.55. The zero-order valence-corrected chi connectivity index (χ0v) is 9.13. The molecule has 2 aromatic rings. The molecule has 0 aliphatic heterocycles. The molecule has 2 rings (SSSR count). The van der Waals surface area contributed by atoms with E-state index in [9.17, 15) is 0 Å². The average Bonchev–Trinajstić information content (AvgIpc) is 2.23. The molecule has 0 bridgehead atoms. The van der Waals surface area contributed by atoms with Gasteiger partial charge in [0, 0.05) is 10.6 Å². The smallest absolute Gasteiger partial charge is 0.159 e. The summed E-state index contributed by atoms with van der Waals surface area (Å²) in [5.41, 5.74) is 7.20. The molecule has 0 atom stereocenters. The van der Waals surface area contributed by atoms with Crippen LogP contribution in [-0.2, 0) is 0 Å². The molecule has 3 nitrogen and oxygen atoms in total. The molecule has 1 aromatic heterocycles. The largest absolute Gasteiger partial charge is 0.382 e. The van der Waals surface area contributed by atoms with E-state index < -0.39 is 0 Å². The highest BCUT2D eigenvalue weighted by molar-refractivity contribution is 6.32. The van der Waals surface area contributed by atoms with Gasteiger partial charge in [-0.05, 0) is 23.8 Å². The number of rotatable bonds is 1. The van der Waals surface area contributed by atoms with Crippen LogP contribution in [0.1, 0.15) is 0 Å². The summed E-state index contributed by atoms with van der Waals surface area (Å²) in [6, 6.07) is 8.95. The monoisotopic (exact) mass is 239 g/mol. The first-order valence-electron chi connectivity index (χ1n) is 4.21. The highest BCUT2D eigenvalue weighted by Gasteiger charge is 2.05. The summed E-state index contributed by atoms with van der Waals surface area (Å²) >= 11 is 11.7. The summed E-state index contributed by atoms with van der Waals surface area (Å²) in [5, 5.41) is 8.38. The van der Waals surface area contributed by atoms with Gasteiger partial charge in [0.2, 0.25) is 0 Å². The van der Waals surface area contributed by atoms with E-state index in [4.69, 9.17) is 28.9 Å². The SMILES string of the molecule is Nc1cc(-c2ccc(Cl)cc2)c(Cl)nn1. The van der Waals surface area contributed by atoms with E-state index in [0.29, 0.717) is 16.0 Å². The highest BCUT2D eigenvalue weighted by atomic mass is 35.5. The second-order valence-electron chi connectivity index (χ2n) is 2.98. The second-order valence-corrected chi connectivity index (χ2v) is 3.78. The third-order valence-corrected chi connectivity index (χ3v) is 2.45. The normalized spacial score (nSPS) is 10.3. The summed E-state index contributed by atoms with van der Waals surface area (Å²) in [6.45, 7) is 0. The summed E-state index contributed by atoms with van der Waals surface area (Å²) in [6.07, 6.45) is 0. The van der Waals surface area contributed by atoms with Gasteiger partial charge in [0.05, 0.1) is 0 Å². The topological polar surface area (TPSA) is 51.8 Å². The minimum absolute atomic E-state index is 0.325. The van der Waals surface area contributed by atoms with Crippen LogP contribution in [0.25, 0.3) is 11.1 Å². The fourth-order valence-electron chi connectivity index (χ4n) is 1.22. The highest BCUT2D eigenvalue weighted by Crippen LogP contribution is 2.27. The predicted octanol–water partition coefficient (Wildman–Crippen LogP) is 3.03. The molecule has 0 amide bonds. The molecule has 15 heavy (non-hydrogen) atoms. The first kappa shape index (κ1) is 10.2. The van der Waals surface area contributed by atoms with E-state index in [-0.39, 0.29) is 0 Å². The fraction of sp³-hybridized carbons (Fsp3) is 0. The van der Waals surface area contributed by atoms with Crippen LogP contribution in [0.3, 0.4) is 0 Å². The van der Waals surface area contributed by atoms with Gasteiger partial charge in [-0.1, -0.05) is 35.3 Å². The van der Waals surface area contributed by atoms with Crippen LogP contribution >= 0.6 is 23.2 Å².